The molecule has 0 spiro atoms. The van der Waals surface area contributed by atoms with Gasteiger partial charge in [0.25, 0.3) is 0 Å². The molecule has 21 heavy (non-hydrogen) atoms. The van der Waals surface area contributed by atoms with Crippen LogP contribution in [0.3, 0.4) is 0 Å². The Balaban J connectivity index is 1.63. The molecule has 0 bridgehead atoms. The molecule has 1 aromatic carbocycles. The van der Waals surface area contributed by atoms with Gasteiger partial charge >= 0.3 is 0 Å². The first-order chi connectivity index (χ1) is 10.1. The zero-order valence-electron chi connectivity index (χ0n) is 11.3. The van der Waals surface area contributed by atoms with Gasteiger partial charge in [0.15, 0.2) is 0 Å². The van der Waals surface area contributed by atoms with Crippen LogP contribution in [-0.4, -0.2) is 21.1 Å². The van der Waals surface area contributed by atoms with Crippen LogP contribution in [-0.2, 0) is 23.0 Å². The number of sulfonamides is 1. The van der Waals surface area contributed by atoms with Gasteiger partial charge in [0.2, 0.25) is 10.0 Å². The van der Waals surface area contributed by atoms with E-state index in [1.807, 2.05) is 24.3 Å². The molecule has 5 nitrogen and oxygen atoms in total. The highest BCUT2D eigenvalue weighted by Gasteiger charge is 2.25. The van der Waals surface area contributed by atoms with Gasteiger partial charge < -0.3 is 10.5 Å². The number of para-hydroxylation sites is 1. The monoisotopic (exact) mass is 324 g/mol. The summed E-state index contributed by atoms with van der Waals surface area (Å²) in [7, 11) is -3.49. The van der Waals surface area contributed by atoms with Crippen LogP contribution in [0.4, 0.5) is 0 Å². The maximum Gasteiger partial charge on any atom is 0.250 e. The van der Waals surface area contributed by atoms with Gasteiger partial charge in [-0.3, -0.25) is 0 Å². The Hall–Kier alpha value is -1.41. The van der Waals surface area contributed by atoms with Crippen molar-refractivity contribution in [2.45, 2.75) is 23.3 Å². The maximum absolute atomic E-state index is 12.2. The quantitative estimate of drug-likeness (QED) is 0.873. The van der Waals surface area contributed by atoms with Crippen LogP contribution in [0.1, 0.15) is 11.1 Å². The number of thiophene rings is 1. The van der Waals surface area contributed by atoms with Gasteiger partial charge in [-0.05, 0) is 28.6 Å². The fourth-order valence-corrected chi connectivity index (χ4v) is 4.58. The van der Waals surface area contributed by atoms with Crippen molar-refractivity contribution in [1.82, 2.24) is 4.72 Å². The van der Waals surface area contributed by atoms with Crippen molar-refractivity contribution < 1.29 is 13.2 Å². The van der Waals surface area contributed by atoms with Crippen LogP contribution in [0.15, 0.2) is 39.9 Å². The standard InChI is InChI=1S/C14H16N2O3S2/c15-7-10-5-14(20-9-10)21(17,18)16-8-12-6-11-3-1-2-4-13(11)19-12/h1-5,9,12,16H,6-8,15H2. The number of rotatable bonds is 5. The van der Waals surface area contributed by atoms with Crippen LogP contribution < -0.4 is 15.2 Å². The first-order valence-electron chi connectivity index (χ1n) is 6.60. The Morgan fingerprint density at radius 3 is 2.90 bits per heavy atom. The van der Waals surface area contributed by atoms with Crippen LogP contribution in [0.2, 0.25) is 0 Å². The van der Waals surface area contributed by atoms with E-state index in [1.165, 1.54) is 11.3 Å². The minimum absolute atomic E-state index is 0.161. The zero-order valence-corrected chi connectivity index (χ0v) is 12.9. The molecule has 1 atom stereocenters. The van der Waals surface area contributed by atoms with Gasteiger partial charge in [-0.1, -0.05) is 18.2 Å². The summed E-state index contributed by atoms with van der Waals surface area (Å²) in [6.45, 7) is 0.597. The van der Waals surface area contributed by atoms with Crippen molar-refractivity contribution in [1.29, 1.82) is 0 Å². The molecule has 0 fully saturated rings. The van der Waals surface area contributed by atoms with E-state index in [2.05, 4.69) is 4.72 Å². The number of nitrogens with two attached hydrogens (primary N) is 1. The van der Waals surface area contributed by atoms with E-state index in [9.17, 15) is 8.42 Å². The fourth-order valence-electron chi connectivity index (χ4n) is 2.24. The minimum Gasteiger partial charge on any atom is -0.488 e. The lowest BCUT2D eigenvalue weighted by molar-refractivity contribution is 0.236. The molecule has 1 aliphatic rings. The molecule has 1 aliphatic heterocycles. The summed E-state index contributed by atoms with van der Waals surface area (Å²) < 4.78 is 33.0. The molecule has 2 aromatic rings. The number of benzene rings is 1. The molecule has 0 radical (unpaired) electrons. The maximum atomic E-state index is 12.2. The van der Waals surface area contributed by atoms with Crippen LogP contribution >= 0.6 is 11.3 Å². The summed E-state index contributed by atoms with van der Waals surface area (Å²) in [6.07, 6.45) is 0.558. The first-order valence-corrected chi connectivity index (χ1v) is 8.96. The second-order valence-corrected chi connectivity index (χ2v) is 7.79. The van der Waals surface area contributed by atoms with E-state index in [0.717, 1.165) is 23.3 Å². The van der Waals surface area contributed by atoms with Gasteiger partial charge in [-0.15, -0.1) is 11.3 Å². The fraction of sp³-hybridized carbons (Fsp3) is 0.286. The SMILES string of the molecule is NCc1csc(S(=O)(=O)NCC2Cc3ccccc3O2)c1. The van der Waals surface area contributed by atoms with E-state index in [1.54, 1.807) is 11.4 Å². The number of hydrogen-bond acceptors (Lipinski definition) is 5. The first kappa shape index (κ1) is 14.5. The van der Waals surface area contributed by atoms with Gasteiger partial charge in [0.05, 0.1) is 0 Å². The Bertz CT molecular complexity index is 715. The summed E-state index contributed by atoms with van der Waals surface area (Å²) in [5.74, 6) is 0.836. The normalized spacial score (nSPS) is 17.5. The molecule has 112 valence electrons. The van der Waals surface area contributed by atoms with Crippen LogP contribution in [0, 0.1) is 0 Å². The molecule has 1 unspecified atom stereocenters. The van der Waals surface area contributed by atoms with Crippen molar-refractivity contribution in [3.05, 3.63) is 46.8 Å². The highest BCUT2D eigenvalue weighted by Crippen LogP contribution is 2.28. The topological polar surface area (TPSA) is 81.4 Å². The Morgan fingerprint density at radius 1 is 1.38 bits per heavy atom. The van der Waals surface area contributed by atoms with Gasteiger partial charge in [0, 0.05) is 19.5 Å². The third-order valence-corrected chi connectivity index (χ3v) is 6.26. The number of fused-ring (bicyclic) bond motifs is 1. The lowest BCUT2D eigenvalue weighted by Gasteiger charge is -2.11. The zero-order chi connectivity index (χ0) is 14.9. The minimum atomic E-state index is -3.49. The average molecular weight is 324 g/mol. The van der Waals surface area contributed by atoms with E-state index >= 15 is 0 Å². The van der Waals surface area contributed by atoms with Crippen LogP contribution in [0.5, 0.6) is 5.75 Å². The largest absolute Gasteiger partial charge is 0.488 e. The molecule has 0 amide bonds. The number of nitrogens with one attached hydrogen (secondary N) is 1. The second-order valence-electron chi connectivity index (χ2n) is 4.88. The second kappa shape index (κ2) is 5.76. The van der Waals surface area contributed by atoms with E-state index in [4.69, 9.17) is 10.5 Å². The molecule has 7 heteroatoms. The highest BCUT2D eigenvalue weighted by atomic mass is 32.2. The molecule has 0 saturated carbocycles. The average Bonchev–Trinajstić information content (AvgIpc) is 3.11. The Labute approximate surface area is 127 Å². The van der Waals surface area contributed by atoms with Crippen molar-refractivity contribution in [3.63, 3.8) is 0 Å². The van der Waals surface area contributed by atoms with Gasteiger partial charge in [-0.25, -0.2) is 13.1 Å². The predicted octanol–water partition coefficient (Wildman–Crippen LogP) is 1.49. The lowest BCUT2D eigenvalue weighted by atomic mass is 10.1. The summed E-state index contributed by atoms with van der Waals surface area (Å²) in [6, 6.07) is 9.37. The van der Waals surface area contributed by atoms with Crippen molar-refractivity contribution in [3.8, 4) is 5.75 Å². The Kier molecular flexibility index (Phi) is 3.99. The molecular weight excluding hydrogens is 308 g/mol. The molecule has 0 aliphatic carbocycles. The van der Waals surface area contributed by atoms with E-state index < -0.39 is 10.0 Å². The predicted molar refractivity (Wildman–Crippen MR) is 82.0 cm³/mol. The molecule has 0 saturated heterocycles. The molecule has 3 N–H and O–H groups in total. The third kappa shape index (κ3) is 3.11. The smallest absolute Gasteiger partial charge is 0.250 e. The van der Waals surface area contributed by atoms with Gasteiger partial charge in [-0.2, -0.15) is 0 Å². The lowest BCUT2D eigenvalue weighted by Crippen LogP contribution is -2.34. The summed E-state index contributed by atoms with van der Waals surface area (Å²) in [4.78, 5) is 0. The third-order valence-electron chi connectivity index (χ3n) is 3.35. The number of ether oxygens (including phenoxy) is 1. The number of hydrogen-bond donors (Lipinski definition) is 2. The highest BCUT2D eigenvalue weighted by molar-refractivity contribution is 7.91. The van der Waals surface area contributed by atoms with Gasteiger partial charge in [0.1, 0.15) is 16.1 Å². The molecule has 2 heterocycles. The molecule has 3 rings (SSSR count). The van der Waals surface area contributed by atoms with Crippen molar-refractivity contribution in [2.75, 3.05) is 6.54 Å². The summed E-state index contributed by atoms with van der Waals surface area (Å²) >= 11 is 1.18. The van der Waals surface area contributed by atoms with Crippen LogP contribution in [0.25, 0.3) is 0 Å². The summed E-state index contributed by atoms with van der Waals surface area (Å²) in [5.41, 5.74) is 7.44. The van der Waals surface area contributed by atoms with E-state index in [-0.39, 0.29) is 12.6 Å². The molecule has 1 aromatic heterocycles. The molecular formula is C14H16N2O3S2. The Morgan fingerprint density at radius 2 is 2.19 bits per heavy atom. The van der Waals surface area contributed by atoms with E-state index in [0.29, 0.717) is 10.8 Å². The van der Waals surface area contributed by atoms with Crippen molar-refractivity contribution >= 4 is 21.4 Å². The van der Waals surface area contributed by atoms with Crippen molar-refractivity contribution in [2.24, 2.45) is 5.73 Å². The summed E-state index contributed by atoms with van der Waals surface area (Å²) in [5, 5.41) is 1.76.